The van der Waals surface area contributed by atoms with Crippen LogP contribution in [0.3, 0.4) is 0 Å². The zero-order valence-electron chi connectivity index (χ0n) is 26.3. The number of rotatable bonds is 12. The van der Waals surface area contributed by atoms with Gasteiger partial charge in [0.2, 0.25) is 5.91 Å². The van der Waals surface area contributed by atoms with Gasteiger partial charge in [-0.2, -0.15) is 0 Å². The first-order valence-corrected chi connectivity index (χ1v) is 16.8. The summed E-state index contributed by atoms with van der Waals surface area (Å²) in [5.41, 5.74) is 4.64. The number of thioether (sulfide) groups is 1. The average molecular weight is 662 g/mol. The van der Waals surface area contributed by atoms with Crippen LogP contribution in [0.2, 0.25) is 0 Å². The topological polar surface area (TPSA) is 103 Å². The predicted molar refractivity (Wildman–Crippen MR) is 194 cm³/mol. The number of carbonyl (C=O) groups is 3. The van der Waals surface area contributed by atoms with Crippen molar-refractivity contribution in [2.24, 2.45) is 0 Å². The molecular weight excluding hydrogens is 627 g/mol. The molecule has 0 saturated heterocycles. The highest BCUT2D eigenvalue weighted by Crippen LogP contribution is 2.30. The maximum absolute atomic E-state index is 13.6. The van der Waals surface area contributed by atoms with Crippen LogP contribution < -0.4 is 20.9 Å². The van der Waals surface area contributed by atoms with Gasteiger partial charge >= 0.3 is 0 Å². The van der Waals surface area contributed by atoms with Crippen LogP contribution in [0.5, 0.6) is 0 Å². The first-order valence-electron chi connectivity index (χ1n) is 15.0. The summed E-state index contributed by atoms with van der Waals surface area (Å²) >= 11 is 2.79. The molecule has 0 aliphatic heterocycles. The molecule has 0 bridgehead atoms. The van der Waals surface area contributed by atoms with Crippen molar-refractivity contribution in [2.45, 2.75) is 23.5 Å². The van der Waals surface area contributed by atoms with Gasteiger partial charge in [0.25, 0.3) is 11.8 Å². The largest absolute Gasteiger partial charge is 0.378 e. The lowest BCUT2D eigenvalue weighted by atomic mass is 10.1. The van der Waals surface area contributed by atoms with Crippen LogP contribution in [0.15, 0.2) is 125 Å². The first-order chi connectivity index (χ1) is 22.8. The minimum absolute atomic E-state index is 0.0960. The number of aromatic nitrogens is 1. The van der Waals surface area contributed by atoms with E-state index in [9.17, 15) is 14.4 Å². The van der Waals surface area contributed by atoms with Gasteiger partial charge in [0.05, 0.1) is 10.9 Å². The molecular formula is C37H35N5O3S2. The van der Waals surface area contributed by atoms with E-state index in [0.717, 1.165) is 27.4 Å². The van der Waals surface area contributed by atoms with E-state index in [4.69, 9.17) is 0 Å². The second-order valence-corrected chi connectivity index (χ2v) is 12.9. The summed E-state index contributed by atoms with van der Waals surface area (Å²) in [7, 11) is 3.90. The molecule has 0 aliphatic rings. The molecule has 0 saturated carbocycles. The highest BCUT2D eigenvalue weighted by Gasteiger charge is 2.20. The number of benzene rings is 4. The van der Waals surface area contributed by atoms with Crippen LogP contribution in [-0.4, -0.2) is 42.1 Å². The maximum Gasteiger partial charge on any atom is 0.272 e. The number of thiazole rings is 1. The molecule has 0 spiro atoms. The molecule has 5 rings (SSSR count). The van der Waals surface area contributed by atoms with E-state index < -0.39 is 11.8 Å². The van der Waals surface area contributed by atoms with Gasteiger partial charge < -0.3 is 20.9 Å². The monoisotopic (exact) mass is 661 g/mol. The van der Waals surface area contributed by atoms with Crippen molar-refractivity contribution in [2.75, 3.05) is 29.6 Å². The second kappa shape index (κ2) is 15.9. The highest BCUT2D eigenvalue weighted by atomic mass is 32.2. The number of nitrogens with zero attached hydrogens (tertiary/aromatic N) is 2. The molecule has 10 heteroatoms. The standard InChI is InChI=1S/C37H35N5O3S2/c1-4-33(36(45)41-37-40-32(24-46-37)26-12-7-5-8-13-26)47-30-17-11-16-28(23-30)38-35(44)31(39-34(43)27-14-9-6-10-15-27)22-25-18-20-29(21-19-25)42(2)3/h5-24,33H,4H2,1-3H3,(H,38,44)(H,39,43)(H,40,41,45)/b31-22+. The SMILES string of the molecule is CCC(Sc1cccc(NC(=O)/C(=C\c2ccc(N(C)C)cc2)NC(=O)c2ccccc2)c1)C(=O)Nc1nc(-c2ccccc2)cs1. The van der Waals surface area contributed by atoms with Crippen molar-refractivity contribution in [1.82, 2.24) is 10.3 Å². The Bertz CT molecular complexity index is 1860. The fraction of sp³-hybridized carbons (Fsp3) is 0.135. The molecule has 0 aliphatic carbocycles. The Morgan fingerprint density at radius 1 is 0.872 bits per heavy atom. The lowest BCUT2D eigenvalue weighted by Gasteiger charge is -2.15. The molecule has 1 heterocycles. The zero-order valence-corrected chi connectivity index (χ0v) is 27.9. The molecule has 1 aromatic heterocycles. The van der Waals surface area contributed by atoms with E-state index in [1.54, 1.807) is 36.4 Å². The Morgan fingerprint density at radius 3 is 2.26 bits per heavy atom. The van der Waals surface area contributed by atoms with E-state index in [2.05, 4.69) is 20.9 Å². The zero-order chi connectivity index (χ0) is 33.2. The Kier molecular flexibility index (Phi) is 11.2. The number of amides is 3. The predicted octanol–water partition coefficient (Wildman–Crippen LogP) is 7.80. The molecule has 8 nitrogen and oxygen atoms in total. The Labute approximate surface area is 282 Å². The van der Waals surface area contributed by atoms with Crippen molar-refractivity contribution >= 4 is 63.4 Å². The van der Waals surface area contributed by atoms with Crippen molar-refractivity contribution in [1.29, 1.82) is 0 Å². The molecule has 0 fully saturated rings. The van der Waals surface area contributed by atoms with Gasteiger partial charge in [0.15, 0.2) is 5.13 Å². The van der Waals surface area contributed by atoms with Gasteiger partial charge in [-0.05, 0) is 60.5 Å². The molecule has 47 heavy (non-hydrogen) atoms. The van der Waals surface area contributed by atoms with E-state index in [0.29, 0.717) is 22.8 Å². The summed E-state index contributed by atoms with van der Waals surface area (Å²) in [6.07, 6.45) is 2.24. The molecule has 0 radical (unpaired) electrons. The maximum atomic E-state index is 13.6. The second-order valence-electron chi connectivity index (χ2n) is 10.8. The van der Waals surface area contributed by atoms with Gasteiger partial charge in [0, 0.05) is 46.9 Å². The van der Waals surface area contributed by atoms with Crippen molar-refractivity contribution in [3.8, 4) is 11.3 Å². The van der Waals surface area contributed by atoms with Crippen LogP contribution in [0.25, 0.3) is 17.3 Å². The van der Waals surface area contributed by atoms with Crippen LogP contribution in [0.4, 0.5) is 16.5 Å². The third kappa shape index (κ3) is 9.18. The summed E-state index contributed by atoms with van der Waals surface area (Å²) in [4.78, 5) is 47.2. The summed E-state index contributed by atoms with van der Waals surface area (Å²) in [6, 6.07) is 33.5. The molecule has 1 unspecified atom stereocenters. The summed E-state index contributed by atoms with van der Waals surface area (Å²) in [6.45, 7) is 1.96. The van der Waals surface area contributed by atoms with Crippen molar-refractivity contribution in [3.05, 3.63) is 131 Å². The number of hydrogen-bond acceptors (Lipinski definition) is 7. The third-order valence-electron chi connectivity index (χ3n) is 7.09. The lowest BCUT2D eigenvalue weighted by molar-refractivity contribution is -0.116. The molecule has 3 N–H and O–H groups in total. The average Bonchev–Trinajstić information content (AvgIpc) is 3.56. The number of carbonyl (C=O) groups excluding carboxylic acids is 3. The van der Waals surface area contributed by atoms with E-state index in [-0.39, 0.29) is 16.9 Å². The van der Waals surface area contributed by atoms with Crippen LogP contribution in [-0.2, 0) is 9.59 Å². The number of hydrogen-bond donors (Lipinski definition) is 3. The summed E-state index contributed by atoms with van der Waals surface area (Å²) in [5, 5.41) is 10.7. The van der Waals surface area contributed by atoms with Gasteiger partial charge in [-0.3, -0.25) is 14.4 Å². The molecule has 5 aromatic rings. The normalized spacial score (nSPS) is 11.8. The minimum atomic E-state index is -0.476. The fourth-order valence-corrected chi connectivity index (χ4v) is 6.30. The number of anilines is 3. The van der Waals surface area contributed by atoms with Gasteiger partial charge in [0.1, 0.15) is 5.70 Å². The fourth-order valence-electron chi connectivity index (χ4n) is 4.57. The first kappa shape index (κ1) is 33.2. The van der Waals surface area contributed by atoms with Crippen molar-refractivity contribution < 1.29 is 14.4 Å². The van der Waals surface area contributed by atoms with Crippen LogP contribution in [0, 0.1) is 0 Å². The van der Waals surface area contributed by atoms with E-state index in [1.165, 1.54) is 23.1 Å². The molecule has 1 atom stereocenters. The Balaban J connectivity index is 1.28. The summed E-state index contributed by atoms with van der Waals surface area (Å²) in [5.74, 6) is -1.01. The molecule has 238 valence electrons. The van der Waals surface area contributed by atoms with E-state index >= 15 is 0 Å². The third-order valence-corrected chi connectivity index (χ3v) is 9.20. The Hall–Kier alpha value is -5.19. The summed E-state index contributed by atoms with van der Waals surface area (Å²) < 4.78 is 0. The smallest absolute Gasteiger partial charge is 0.272 e. The van der Waals surface area contributed by atoms with Crippen molar-refractivity contribution in [3.63, 3.8) is 0 Å². The molecule has 4 aromatic carbocycles. The minimum Gasteiger partial charge on any atom is -0.378 e. The van der Waals surface area contributed by atoms with Crippen LogP contribution in [0.1, 0.15) is 29.3 Å². The van der Waals surface area contributed by atoms with Gasteiger partial charge in [-0.25, -0.2) is 4.98 Å². The Morgan fingerprint density at radius 2 is 1.57 bits per heavy atom. The van der Waals surface area contributed by atoms with Crippen LogP contribution >= 0.6 is 23.1 Å². The van der Waals surface area contributed by atoms with E-state index in [1.807, 2.05) is 110 Å². The highest BCUT2D eigenvalue weighted by molar-refractivity contribution is 8.00. The van der Waals surface area contributed by atoms with Gasteiger partial charge in [-0.1, -0.05) is 73.7 Å². The van der Waals surface area contributed by atoms with Gasteiger partial charge in [-0.15, -0.1) is 23.1 Å². The molecule has 3 amide bonds. The number of nitrogens with one attached hydrogen (secondary N) is 3. The lowest BCUT2D eigenvalue weighted by Crippen LogP contribution is -2.30. The quantitative estimate of drug-likeness (QED) is 0.0932.